The summed E-state index contributed by atoms with van der Waals surface area (Å²) in [6.07, 6.45) is 0. The highest BCUT2D eigenvalue weighted by Crippen LogP contribution is 2.22. The van der Waals surface area contributed by atoms with Gasteiger partial charge in [0.05, 0.1) is 9.97 Å². The summed E-state index contributed by atoms with van der Waals surface area (Å²) in [6.45, 7) is 0. The standard InChI is InChI=1S/C3H5IN2/c4-1-2(5)3(1)6/h1-2,6H,5H2. The molecule has 1 rings (SSSR count). The topological polar surface area (TPSA) is 49.9 Å². The zero-order chi connectivity index (χ0) is 4.73. The predicted molar refractivity (Wildman–Crippen MR) is 33.5 cm³/mol. The lowest BCUT2D eigenvalue weighted by Crippen LogP contribution is -2.01. The molecule has 6 heavy (non-hydrogen) atoms. The zero-order valence-electron chi connectivity index (χ0n) is 3.11. The van der Waals surface area contributed by atoms with Crippen LogP contribution in [-0.2, 0) is 0 Å². The maximum atomic E-state index is 6.89. The number of alkyl halides is 1. The Kier molecular flexibility index (Phi) is 0.876. The third kappa shape index (κ3) is 0.459. The van der Waals surface area contributed by atoms with Crippen molar-refractivity contribution in [3.63, 3.8) is 0 Å². The van der Waals surface area contributed by atoms with Gasteiger partial charge in [0, 0.05) is 5.71 Å². The van der Waals surface area contributed by atoms with Gasteiger partial charge in [-0.25, -0.2) is 0 Å². The van der Waals surface area contributed by atoms with Gasteiger partial charge >= 0.3 is 0 Å². The minimum atomic E-state index is 0.0885. The first-order chi connectivity index (χ1) is 2.73. The molecule has 0 radical (unpaired) electrons. The molecule has 0 aromatic rings. The van der Waals surface area contributed by atoms with Crippen LogP contribution < -0.4 is 5.73 Å². The summed E-state index contributed by atoms with van der Waals surface area (Å²) in [5.41, 5.74) is 5.97. The van der Waals surface area contributed by atoms with Crippen LogP contribution in [-0.4, -0.2) is 15.7 Å². The summed E-state index contributed by atoms with van der Waals surface area (Å²) in [5, 5.41) is 6.89. The monoisotopic (exact) mass is 196 g/mol. The van der Waals surface area contributed by atoms with Crippen LogP contribution in [0.5, 0.6) is 0 Å². The van der Waals surface area contributed by atoms with Crippen LogP contribution in [0.4, 0.5) is 0 Å². The van der Waals surface area contributed by atoms with E-state index in [0.717, 1.165) is 0 Å². The molecule has 0 aliphatic heterocycles. The van der Waals surface area contributed by atoms with Gasteiger partial charge in [-0.1, -0.05) is 22.6 Å². The molecule has 3 N–H and O–H groups in total. The molecule has 0 amide bonds. The molecule has 3 heteroatoms. The van der Waals surface area contributed by atoms with Crippen LogP contribution in [0.1, 0.15) is 0 Å². The molecular formula is C3H5IN2. The molecule has 2 atom stereocenters. The fraction of sp³-hybridized carbons (Fsp3) is 0.667. The van der Waals surface area contributed by atoms with E-state index >= 15 is 0 Å². The quantitative estimate of drug-likeness (QED) is 0.420. The number of rotatable bonds is 0. The molecule has 0 aromatic heterocycles. The van der Waals surface area contributed by atoms with E-state index in [-0.39, 0.29) is 6.04 Å². The Bertz CT molecular complexity index is 80.8. The van der Waals surface area contributed by atoms with Crippen molar-refractivity contribution in [2.45, 2.75) is 9.97 Å². The third-order valence-electron chi connectivity index (χ3n) is 0.862. The van der Waals surface area contributed by atoms with Gasteiger partial charge in [-0.15, -0.1) is 0 Å². The average Bonchev–Trinajstić information content (AvgIpc) is 1.94. The highest BCUT2D eigenvalue weighted by Gasteiger charge is 2.38. The number of nitrogens with two attached hydrogens (primary N) is 1. The molecule has 0 bridgehead atoms. The van der Waals surface area contributed by atoms with Crippen LogP contribution >= 0.6 is 22.6 Å². The first-order valence-electron chi connectivity index (χ1n) is 1.71. The second-order valence-electron chi connectivity index (χ2n) is 1.38. The first-order valence-corrected chi connectivity index (χ1v) is 2.96. The Morgan fingerprint density at radius 3 is 2.00 bits per heavy atom. The smallest absolute Gasteiger partial charge is 0.0707 e. The molecule has 2 nitrogen and oxygen atoms in total. The summed E-state index contributed by atoms with van der Waals surface area (Å²) in [7, 11) is 0. The molecule has 1 aliphatic rings. The lowest BCUT2D eigenvalue weighted by atomic mass is 10.8. The normalized spacial score (nSPS) is 43.3. The van der Waals surface area contributed by atoms with E-state index in [4.69, 9.17) is 11.1 Å². The summed E-state index contributed by atoms with van der Waals surface area (Å²) in [4.78, 5) is 0. The van der Waals surface area contributed by atoms with Gasteiger partial charge in [-0.2, -0.15) is 0 Å². The molecule has 0 heterocycles. The van der Waals surface area contributed by atoms with Crippen molar-refractivity contribution in [1.29, 1.82) is 5.41 Å². The maximum Gasteiger partial charge on any atom is 0.0707 e. The summed E-state index contributed by atoms with van der Waals surface area (Å²) >= 11 is 2.16. The molecule has 1 aliphatic carbocycles. The van der Waals surface area contributed by atoms with E-state index in [1.165, 1.54) is 0 Å². The highest BCUT2D eigenvalue weighted by molar-refractivity contribution is 14.1. The minimum absolute atomic E-state index is 0.0885. The second-order valence-corrected chi connectivity index (χ2v) is 2.72. The highest BCUT2D eigenvalue weighted by atomic mass is 127. The number of hydrogen-bond donors (Lipinski definition) is 2. The van der Waals surface area contributed by atoms with E-state index in [2.05, 4.69) is 22.6 Å². The Morgan fingerprint density at radius 2 is 2.00 bits per heavy atom. The molecular weight excluding hydrogens is 191 g/mol. The Balaban J connectivity index is 2.51. The van der Waals surface area contributed by atoms with Crippen molar-refractivity contribution in [3.8, 4) is 0 Å². The molecule has 0 aromatic carbocycles. The summed E-state index contributed by atoms with van der Waals surface area (Å²) in [6, 6.07) is 0.0885. The van der Waals surface area contributed by atoms with Crippen molar-refractivity contribution in [3.05, 3.63) is 0 Å². The molecule has 2 unspecified atom stereocenters. The molecule has 0 saturated heterocycles. The van der Waals surface area contributed by atoms with Crippen molar-refractivity contribution in [1.82, 2.24) is 0 Å². The van der Waals surface area contributed by atoms with Gasteiger partial charge in [0.25, 0.3) is 0 Å². The molecule has 1 saturated carbocycles. The van der Waals surface area contributed by atoms with Crippen LogP contribution in [0.3, 0.4) is 0 Å². The summed E-state index contributed by atoms with van der Waals surface area (Å²) < 4.78 is 0.350. The molecule has 0 spiro atoms. The average molecular weight is 196 g/mol. The van der Waals surface area contributed by atoms with Gasteiger partial charge < -0.3 is 11.1 Å². The van der Waals surface area contributed by atoms with Gasteiger partial charge in [0.15, 0.2) is 0 Å². The van der Waals surface area contributed by atoms with Crippen LogP contribution in [0.2, 0.25) is 0 Å². The Labute approximate surface area is 49.8 Å². The van der Waals surface area contributed by atoms with Crippen LogP contribution in [0.15, 0.2) is 0 Å². The predicted octanol–water partition coefficient (Wildman–Crippen LogP) is 0.151. The van der Waals surface area contributed by atoms with E-state index < -0.39 is 0 Å². The van der Waals surface area contributed by atoms with Crippen molar-refractivity contribution >= 4 is 28.3 Å². The zero-order valence-corrected chi connectivity index (χ0v) is 5.27. The third-order valence-corrected chi connectivity index (χ3v) is 2.31. The fourth-order valence-electron chi connectivity index (χ4n) is 0.250. The summed E-state index contributed by atoms with van der Waals surface area (Å²) in [5.74, 6) is 0. The van der Waals surface area contributed by atoms with E-state index in [1.807, 2.05) is 0 Å². The van der Waals surface area contributed by atoms with Gasteiger partial charge in [0.2, 0.25) is 0 Å². The molecule has 34 valence electrons. The van der Waals surface area contributed by atoms with Crippen LogP contribution in [0.25, 0.3) is 0 Å². The number of halogens is 1. The van der Waals surface area contributed by atoms with Crippen LogP contribution in [0, 0.1) is 5.41 Å². The number of hydrogen-bond acceptors (Lipinski definition) is 2. The maximum absolute atomic E-state index is 6.89. The van der Waals surface area contributed by atoms with Crippen molar-refractivity contribution in [2.24, 2.45) is 5.73 Å². The van der Waals surface area contributed by atoms with Gasteiger partial charge in [-0.3, -0.25) is 0 Å². The van der Waals surface area contributed by atoms with E-state index in [9.17, 15) is 0 Å². The van der Waals surface area contributed by atoms with Gasteiger partial charge in [-0.05, 0) is 0 Å². The second kappa shape index (κ2) is 1.16. The lowest BCUT2D eigenvalue weighted by Gasteiger charge is -1.64. The SMILES string of the molecule is N=C1C(N)C1I. The minimum Gasteiger partial charge on any atom is -0.322 e. The van der Waals surface area contributed by atoms with Crippen molar-refractivity contribution in [2.75, 3.05) is 0 Å². The number of nitrogens with one attached hydrogen (secondary N) is 1. The lowest BCUT2D eigenvalue weighted by molar-refractivity contribution is 1.14. The molecule has 1 fully saturated rings. The van der Waals surface area contributed by atoms with E-state index in [0.29, 0.717) is 9.64 Å². The van der Waals surface area contributed by atoms with E-state index in [1.54, 1.807) is 0 Å². The largest absolute Gasteiger partial charge is 0.322 e. The first kappa shape index (κ1) is 4.52. The fourth-order valence-corrected chi connectivity index (χ4v) is 0.845. The Morgan fingerprint density at radius 1 is 1.83 bits per heavy atom. The van der Waals surface area contributed by atoms with Gasteiger partial charge in [0.1, 0.15) is 0 Å². The Hall–Kier alpha value is 0.360. The van der Waals surface area contributed by atoms with Crippen molar-refractivity contribution < 1.29 is 0 Å².